The predicted molar refractivity (Wildman–Crippen MR) is 60.1 cm³/mol. The number of aryl methyl sites for hydroxylation is 1. The van der Waals surface area contributed by atoms with Crippen LogP contribution in [0.5, 0.6) is 11.5 Å². The summed E-state index contributed by atoms with van der Waals surface area (Å²) in [6, 6.07) is 5.49. The van der Waals surface area contributed by atoms with E-state index in [1.165, 1.54) is 0 Å². The van der Waals surface area contributed by atoms with Gasteiger partial charge in [-0.1, -0.05) is 12.1 Å². The Balaban J connectivity index is 2.92. The van der Waals surface area contributed by atoms with E-state index in [9.17, 15) is 4.79 Å². The smallest absolute Gasteiger partial charge is 0.303 e. The lowest BCUT2D eigenvalue weighted by Crippen LogP contribution is -2.02. The van der Waals surface area contributed by atoms with Gasteiger partial charge in [-0.2, -0.15) is 0 Å². The molecule has 0 aliphatic carbocycles. The summed E-state index contributed by atoms with van der Waals surface area (Å²) in [5, 5.41) is 8.65. The summed E-state index contributed by atoms with van der Waals surface area (Å²) in [6.45, 7) is 2.41. The van der Waals surface area contributed by atoms with Crippen LogP contribution in [0.25, 0.3) is 0 Å². The molecule has 4 nitrogen and oxygen atoms in total. The van der Waals surface area contributed by atoms with E-state index < -0.39 is 5.97 Å². The normalized spacial score (nSPS) is 9.88. The fraction of sp³-hybridized carbons (Fsp3) is 0.417. The van der Waals surface area contributed by atoms with Crippen LogP contribution < -0.4 is 9.47 Å². The first-order chi connectivity index (χ1) is 7.69. The summed E-state index contributed by atoms with van der Waals surface area (Å²) in [4.78, 5) is 10.5. The van der Waals surface area contributed by atoms with Crippen LogP contribution in [0, 0.1) is 0 Å². The standard InChI is InChI=1S/C12H16O4/c1-3-16-12-9(7-8-11(13)14)5-4-6-10(12)15-2/h4-6H,3,7-8H2,1-2H3,(H,13,14). The Morgan fingerprint density at radius 2 is 2.19 bits per heavy atom. The van der Waals surface area contributed by atoms with Crippen LogP contribution >= 0.6 is 0 Å². The molecule has 1 aromatic carbocycles. The Labute approximate surface area is 94.8 Å². The van der Waals surface area contributed by atoms with Gasteiger partial charge in [-0.25, -0.2) is 0 Å². The Morgan fingerprint density at radius 1 is 1.44 bits per heavy atom. The van der Waals surface area contributed by atoms with Crippen molar-refractivity contribution in [2.24, 2.45) is 0 Å². The fourth-order valence-corrected chi connectivity index (χ4v) is 1.47. The minimum Gasteiger partial charge on any atom is -0.493 e. The van der Waals surface area contributed by atoms with Crippen LogP contribution in [0.1, 0.15) is 18.9 Å². The molecule has 0 saturated heterocycles. The zero-order valence-corrected chi connectivity index (χ0v) is 9.53. The van der Waals surface area contributed by atoms with Crippen molar-refractivity contribution in [2.75, 3.05) is 13.7 Å². The fourth-order valence-electron chi connectivity index (χ4n) is 1.47. The van der Waals surface area contributed by atoms with Crippen LogP contribution in [0.15, 0.2) is 18.2 Å². The highest BCUT2D eigenvalue weighted by molar-refractivity contribution is 5.67. The van der Waals surface area contributed by atoms with Crippen molar-refractivity contribution in [2.45, 2.75) is 19.8 Å². The summed E-state index contributed by atoms with van der Waals surface area (Å²) in [6.07, 6.45) is 0.537. The molecular formula is C12H16O4. The van der Waals surface area contributed by atoms with Gasteiger partial charge in [0.1, 0.15) is 0 Å². The molecule has 0 radical (unpaired) electrons. The average molecular weight is 224 g/mol. The minimum atomic E-state index is -0.815. The van der Waals surface area contributed by atoms with Gasteiger partial charge in [0, 0.05) is 6.42 Å². The molecule has 0 bridgehead atoms. The second-order valence-electron chi connectivity index (χ2n) is 3.28. The molecule has 0 aliphatic rings. The van der Waals surface area contributed by atoms with Crippen molar-refractivity contribution >= 4 is 5.97 Å². The Bertz CT molecular complexity index is 360. The Hall–Kier alpha value is -1.71. The molecule has 88 valence electrons. The Morgan fingerprint density at radius 3 is 2.75 bits per heavy atom. The molecule has 0 heterocycles. The number of carboxylic acid groups (broad SMARTS) is 1. The number of rotatable bonds is 6. The number of carbonyl (C=O) groups is 1. The van der Waals surface area contributed by atoms with E-state index in [-0.39, 0.29) is 6.42 Å². The quantitative estimate of drug-likeness (QED) is 0.804. The van der Waals surface area contributed by atoms with Crippen molar-refractivity contribution in [3.05, 3.63) is 23.8 Å². The van der Waals surface area contributed by atoms with E-state index in [1.54, 1.807) is 13.2 Å². The molecular weight excluding hydrogens is 208 g/mol. The summed E-state index contributed by atoms with van der Waals surface area (Å²) in [5.74, 6) is 0.476. The molecule has 1 rings (SSSR count). The molecule has 0 unspecified atom stereocenters. The second-order valence-corrected chi connectivity index (χ2v) is 3.28. The molecule has 0 aliphatic heterocycles. The molecule has 0 aromatic heterocycles. The van der Waals surface area contributed by atoms with Gasteiger partial charge in [-0.3, -0.25) is 4.79 Å². The lowest BCUT2D eigenvalue weighted by atomic mass is 10.1. The first-order valence-electron chi connectivity index (χ1n) is 5.19. The van der Waals surface area contributed by atoms with Gasteiger partial charge in [0.25, 0.3) is 0 Å². The highest BCUT2D eigenvalue weighted by Gasteiger charge is 2.10. The summed E-state index contributed by atoms with van der Waals surface area (Å²) in [5.41, 5.74) is 0.864. The SMILES string of the molecule is CCOc1c(CCC(=O)O)cccc1OC. The van der Waals surface area contributed by atoms with Crippen LogP contribution in [-0.4, -0.2) is 24.8 Å². The number of benzene rings is 1. The third kappa shape index (κ3) is 3.15. The number of methoxy groups -OCH3 is 1. The maximum atomic E-state index is 10.5. The molecule has 0 atom stereocenters. The monoisotopic (exact) mass is 224 g/mol. The second kappa shape index (κ2) is 6.00. The third-order valence-electron chi connectivity index (χ3n) is 2.18. The topological polar surface area (TPSA) is 55.8 Å². The molecule has 4 heteroatoms. The van der Waals surface area contributed by atoms with E-state index >= 15 is 0 Å². The zero-order chi connectivity index (χ0) is 12.0. The van der Waals surface area contributed by atoms with Crippen LogP contribution in [0.2, 0.25) is 0 Å². The highest BCUT2D eigenvalue weighted by atomic mass is 16.5. The van der Waals surface area contributed by atoms with E-state index in [0.29, 0.717) is 24.5 Å². The summed E-state index contributed by atoms with van der Waals surface area (Å²) in [7, 11) is 1.57. The van der Waals surface area contributed by atoms with Crippen LogP contribution in [-0.2, 0) is 11.2 Å². The summed E-state index contributed by atoms with van der Waals surface area (Å²) < 4.78 is 10.6. The van der Waals surface area contributed by atoms with Gasteiger partial charge in [0.05, 0.1) is 13.7 Å². The third-order valence-corrected chi connectivity index (χ3v) is 2.18. The number of carboxylic acids is 1. The molecule has 0 amide bonds. The van der Waals surface area contributed by atoms with E-state index in [2.05, 4.69) is 0 Å². The number of para-hydroxylation sites is 1. The van der Waals surface area contributed by atoms with Crippen LogP contribution in [0.3, 0.4) is 0 Å². The van der Waals surface area contributed by atoms with Gasteiger partial charge in [-0.15, -0.1) is 0 Å². The van der Waals surface area contributed by atoms with Crippen molar-refractivity contribution in [1.82, 2.24) is 0 Å². The first-order valence-corrected chi connectivity index (χ1v) is 5.19. The van der Waals surface area contributed by atoms with Gasteiger partial charge in [0.2, 0.25) is 0 Å². The van der Waals surface area contributed by atoms with E-state index in [4.69, 9.17) is 14.6 Å². The molecule has 0 spiro atoms. The number of hydrogen-bond acceptors (Lipinski definition) is 3. The van der Waals surface area contributed by atoms with E-state index in [0.717, 1.165) is 5.56 Å². The zero-order valence-electron chi connectivity index (χ0n) is 9.53. The molecule has 1 aromatic rings. The maximum Gasteiger partial charge on any atom is 0.303 e. The van der Waals surface area contributed by atoms with Gasteiger partial charge >= 0.3 is 5.97 Å². The number of aliphatic carboxylic acids is 1. The van der Waals surface area contributed by atoms with Gasteiger partial charge in [0.15, 0.2) is 11.5 Å². The maximum absolute atomic E-state index is 10.5. The Kier molecular flexibility index (Phi) is 4.64. The van der Waals surface area contributed by atoms with Crippen LogP contribution in [0.4, 0.5) is 0 Å². The average Bonchev–Trinajstić information content (AvgIpc) is 2.27. The van der Waals surface area contributed by atoms with E-state index in [1.807, 2.05) is 19.1 Å². The highest BCUT2D eigenvalue weighted by Crippen LogP contribution is 2.31. The van der Waals surface area contributed by atoms with Gasteiger partial charge in [-0.05, 0) is 25.0 Å². The summed E-state index contributed by atoms with van der Waals surface area (Å²) >= 11 is 0. The molecule has 1 N–H and O–H groups in total. The minimum absolute atomic E-state index is 0.0905. The van der Waals surface area contributed by atoms with Crippen molar-refractivity contribution < 1.29 is 19.4 Å². The largest absolute Gasteiger partial charge is 0.493 e. The first kappa shape index (κ1) is 12.4. The predicted octanol–water partition coefficient (Wildman–Crippen LogP) is 2.11. The van der Waals surface area contributed by atoms with Gasteiger partial charge < -0.3 is 14.6 Å². The van der Waals surface area contributed by atoms with Crippen molar-refractivity contribution in [3.8, 4) is 11.5 Å². The molecule has 0 saturated carbocycles. The molecule has 16 heavy (non-hydrogen) atoms. The number of ether oxygens (including phenoxy) is 2. The van der Waals surface area contributed by atoms with Crippen molar-refractivity contribution in [3.63, 3.8) is 0 Å². The molecule has 0 fully saturated rings. The lowest BCUT2D eigenvalue weighted by Gasteiger charge is -2.13. The lowest BCUT2D eigenvalue weighted by molar-refractivity contribution is -0.136. The number of hydrogen-bond donors (Lipinski definition) is 1. The van der Waals surface area contributed by atoms with Crippen molar-refractivity contribution in [1.29, 1.82) is 0 Å².